The summed E-state index contributed by atoms with van der Waals surface area (Å²) < 4.78 is 5.53. The van der Waals surface area contributed by atoms with Crippen LogP contribution in [-0.4, -0.2) is 23.6 Å². The molecule has 1 rings (SSSR count). The number of ether oxygens (including phenoxy) is 1. The molecule has 134 valence electrons. The van der Waals surface area contributed by atoms with Gasteiger partial charge in [-0.1, -0.05) is 39.8 Å². The number of allylic oxidation sites excluding steroid dienone is 3. The van der Waals surface area contributed by atoms with Crippen molar-refractivity contribution < 1.29 is 19.1 Å². The Bertz CT molecular complexity index is 544. The Morgan fingerprint density at radius 3 is 2.33 bits per heavy atom. The Hall–Kier alpha value is -1.71. The number of esters is 1. The lowest BCUT2D eigenvalue weighted by molar-refractivity contribution is -0.157. The zero-order chi connectivity index (χ0) is 18.4. The number of carbonyl (C=O) groups excluding carboxylic acids is 3. The van der Waals surface area contributed by atoms with Crippen molar-refractivity contribution in [2.75, 3.05) is 0 Å². The molecule has 0 unspecified atom stereocenters. The quantitative estimate of drug-likeness (QED) is 0.539. The smallest absolute Gasteiger partial charge is 0.316 e. The van der Waals surface area contributed by atoms with Crippen molar-refractivity contribution >= 4 is 17.5 Å². The third kappa shape index (κ3) is 5.43. The predicted octanol–water partition coefficient (Wildman–Crippen LogP) is 3.90. The molecule has 0 radical (unpaired) electrons. The van der Waals surface area contributed by atoms with Gasteiger partial charge in [-0.2, -0.15) is 0 Å². The van der Waals surface area contributed by atoms with E-state index in [0.717, 1.165) is 0 Å². The number of Topliss-reactive ketones (excluding diaryl/α,β-unsaturated/α-hetero) is 1. The van der Waals surface area contributed by atoms with E-state index in [4.69, 9.17) is 4.74 Å². The third-order valence-electron chi connectivity index (χ3n) is 4.70. The second-order valence-corrected chi connectivity index (χ2v) is 7.05. The van der Waals surface area contributed by atoms with Crippen molar-refractivity contribution in [3.8, 4) is 0 Å². The minimum Gasteiger partial charge on any atom is -0.461 e. The van der Waals surface area contributed by atoms with Crippen LogP contribution in [0.5, 0.6) is 0 Å². The van der Waals surface area contributed by atoms with Crippen molar-refractivity contribution in [1.29, 1.82) is 0 Å². The normalized spacial score (nSPS) is 37.2. The van der Waals surface area contributed by atoms with Crippen LogP contribution in [0.2, 0.25) is 0 Å². The zero-order valence-corrected chi connectivity index (χ0v) is 15.7. The van der Waals surface area contributed by atoms with Gasteiger partial charge in [-0.05, 0) is 44.3 Å². The van der Waals surface area contributed by atoms with Gasteiger partial charge >= 0.3 is 5.97 Å². The maximum atomic E-state index is 12.4. The van der Waals surface area contributed by atoms with Crippen molar-refractivity contribution in [3.05, 3.63) is 23.8 Å². The summed E-state index contributed by atoms with van der Waals surface area (Å²) in [6.07, 6.45) is 6.25. The van der Waals surface area contributed by atoms with Crippen LogP contribution in [0, 0.1) is 23.7 Å². The van der Waals surface area contributed by atoms with E-state index in [2.05, 4.69) is 0 Å². The molecule has 0 saturated heterocycles. The Kier molecular flexibility index (Phi) is 7.59. The molecule has 0 bridgehead atoms. The van der Waals surface area contributed by atoms with Crippen molar-refractivity contribution in [2.45, 2.75) is 60.5 Å². The van der Waals surface area contributed by atoms with Gasteiger partial charge in [0.15, 0.2) is 11.6 Å². The van der Waals surface area contributed by atoms with Crippen molar-refractivity contribution in [2.24, 2.45) is 23.7 Å². The first-order valence-electron chi connectivity index (χ1n) is 8.82. The van der Waals surface area contributed by atoms with E-state index in [1.54, 1.807) is 19.9 Å². The first-order valence-corrected chi connectivity index (χ1v) is 8.82. The molecule has 0 fully saturated rings. The lowest BCUT2D eigenvalue weighted by atomic mass is 9.89. The molecule has 0 N–H and O–H groups in total. The largest absolute Gasteiger partial charge is 0.461 e. The number of hydrogen-bond acceptors (Lipinski definition) is 4. The summed E-state index contributed by atoms with van der Waals surface area (Å²) in [7, 11) is 0. The highest BCUT2D eigenvalue weighted by molar-refractivity contribution is 6.07. The molecule has 4 heteroatoms. The lowest BCUT2D eigenvalue weighted by Gasteiger charge is -2.23. The number of carbonyl (C=O) groups is 3. The highest BCUT2D eigenvalue weighted by Crippen LogP contribution is 2.21. The van der Waals surface area contributed by atoms with E-state index in [-0.39, 0.29) is 35.4 Å². The van der Waals surface area contributed by atoms with Crippen molar-refractivity contribution in [3.63, 3.8) is 0 Å². The highest BCUT2D eigenvalue weighted by Gasteiger charge is 2.28. The second-order valence-electron chi connectivity index (χ2n) is 7.05. The van der Waals surface area contributed by atoms with Gasteiger partial charge in [0.1, 0.15) is 12.0 Å². The summed E-state index contributed by atoms with van der Waals surface area (Å²) in [5, 5.41) is 0. The highest BCUT2D eigenvalue weighted by atomic mass is 16.5. The molecule has 0 aromatic rings. The van der Waals surface area contributed by atoms with E-state index >= 15 is 0 Å². The summed E-state index contributed by atoms with van der Waals surface area (Å²) in [6, 6.07) is 0. The van der Waals surface area contributed by atoms with Gasteiger partial charge in [0.25, 0.3) is 0 Å². The molecule has 24 heavy (non-hydrogen) atoms. The fraction of sp³-hybridized carbons (Fsp3) is 0.650. The van der Waals surface area contributed by atoms with Crippen LogP contribution in [0.4, 0.5) is 0 Å². The molecule has 0 amide bonds. The first-order chi connectivity index (χ1) is 11.2. The Balaban J connectivity index is 3.16. The van der Waals surface area contributed by atoms with Crippen LogP contribution in [0.25, 0.3) is 0 Å². The van der Waals surface area contributed by atoms with E-state index in [0.29, 0.717) is 18.4 Å². The van der Waals surface area contributed by atoms with Crippen LogP contribution in [0.1, 0.15) is 54.4 Å². The van der Waals surface area contributed by atoms with Gasteiger partial charge in [0.2, 0.25) is 0 Å². The minimum atomic E-state index is -0.805. The van der Waals surface area contributed by atoms with Crippen LogP contribution in [0.15, 0.2) is 23.8 Å². The Labute approximate surface area is 145 Å². The van der Waals surface area contributed by atoms with Gasteiger partial charge in [0.05, 0.1) is 0 Å². The standard InChI is InChI=1S/C20H30O4/c1-7-18-13(3)8-9-17(21)14(4)10-12(2)11-15(5)19(22)16(6)20(23)24-18/h8-9,11-14,16,18H,7,10H2,1-6H3/b9-8+,15-11+/t12-,13-,14+,16-,18+/m1/s1. The molecule has 0 saturated carbocycles. The van der Waals surface area contributed by atoms with Gasteiger partial charge in [-0.15, -0.1) is 0 Å². The molecule has 5 atom stereocenters. The molecule has 0 aromatic heterocycles. The molecule has 1 aliphatic rings. The zero-order valence-electron chi connectivity index (χ0n) is 15.7. The molecular formula is C20H30O4. The number of cyclic esters (lactones) is 1. The van der Waals surface area contributed by atoms with Gasteiger partial charge < -0.3 is 4.74 Å². The summed E-state index contributed by atoms with van der Waals surface area (Å²) in [6.45, 7) is 11.1. The minimum absolute atomic E-state index is 0.0673. The second kappa shape index (κ2) is 8.95. The predicted molar refractivity (Wildman–Crippen MR) is 94.4 cm³/mol. The summed E-state index contributed by atoms with van der Waals surface area (Å²) in [4.78, 5) is 37.0. The maximum Gasteiger partial charge on any atom is 0.316 e. The van der Waals surface area contributed by atoms with Gasteiger partial charge in [-0.3, -0.25) is 14.4 Å². The average molecular weight is 334 g/mol. The summed E-state index contributed by atoms with van der Waals surface area (Å²) in [5.41, 5.74) is 0.556. The van der Waals surface area contributed by atoms with E-state index < -0.39 is 11.9 Å². The molecule has 1 heterocycles. The topological polar surface area (TPSA) is 60.4 Å². The molecule has 1 aliphatic heterocycles. The number of hydrogen-bond donors (Lipinski definition) is 0. The van der Waals surface area contributed by atoms with Crippen LogP contribution in [-0.2, 0) is 19.1 Å². The lowest BCUT2D eigenvalue weighted by Crippen LogP contribution is -2.31. The van der Waals surface area contributed by atoms with Gasteiger partial charge in [0, 0.05) is 11.8 Å². The molecule has 0 aliphatic carbocycles. The van der Waals surface area contributed by atoms with E-state index in [9.17, 15) is 14.4 Å². The van der Waals surface area contributed by atoms with Crippen LogP contribution < -0.4 is 0 Å². The molecule has 0 spiro atoms. The molecular weight excluding hydrogens is 304 g/mol. The summed E-state index contributed by atoms with van der Waals surface area (Å²) >= 11 is 0. The SMILES string of the molecule is CC[C@@H]1OC(=O)[C@H](C)C(=O)/C(C)=C/[C@H](C)C[C@H](C)C(=O)/C=C/[C@H]1C. The van der Waals surface area contributed by atoms with Gasteiger partial charge in [-0.25, -0.2) is 0 Å². The third-order valence-corrected chi connectivity index (χ3v) is 4.70. The molecule has 4 nitrogen and oxygen atoms in total. The maximum absolute atomic E-state index is 12.4. The number of ketones is 2. The summed E-state index contributed by atoms with van der Waals surface area (Å²) in [5.74, 6) is -1.53. The van der Waals surface area contributed by atoms with Crippen molar-refractivity contribution in [1.82, 2.24) is 0 Å². The van der Waals surface area contributed by atoms with E-state index in [1.807, 2.05) is 39.8 Å². The fourth-order valence-electron chi connectivity index (χ4n) is 3.05. The van der Waals surface area contributed by atoms with Crippen LogP contribution in [0.3, 0.4) is 0 Å². The van der Waals surface area contributed by atoms with E-state index in [1.165, 1.54) is 0 Å². The monoisotopic (exact) mass is 334 g/mol. The molecule has 0 aromatic carbocycles. The number of rotatable bonds is 1. The fourth-order valence-corrected chi connectivity index (χ4v) is 3.05. The Morgan fingerprint density at radius 2 is 1.75 bits per heavy atom. The Morgan fingerprint density at radius 1 is 1.12 bits per heavy atom. The average Bonchev–Trinajstić information content (AvgIpc) is 2.54. The first kappa shape index (κ1) is 20.3. The van der Waals surface area contributed by atoms with Crippen LogP contribution >= 0.6 is 0 Å².